The normalized spacial score (nSPS) is 11.8. The smallest absolute Gasteiger partial charge is 0.234 e. The summed E-state index contributed by atoms with van der Waals surface area (Å²) in [5, 5.41) is 8.34. The lowest BCUT2D eigenvalue weighted by Gasteiger charge is -2.18. The fraction of sp³-hybridized carbons (Fsp3) is 0.261. The average molecular weight is 395 g/mol. The van der Waals surface area contributed by atoms with E-state index in [1.165, 1.54) is 10.4 Å². The quantitative estimate of drug-likeness (QED) is 0.534. The van der Waals surface area contributed by atoms with Crippen molar-refractivity contribution in [3.05, 3.63) is 87.6 Å². The van der Waals surface area contributed by atoms with Gasteiger partial charge in [-0.1, -0.05) is 54.1 Å². The third-order valence-corrected chi connectivity index (χ3v) is 5.38. The van der Waals surface area contributed by atoms with Crippen LogP contribution in [-0.4, -0.2) is 25.6 Å². The topological polar surface area (TPSA) is 50.4 Å². The van der Waals surface area contributed by atoms with Gasteiger partial charge in [-0.15, -0.1) is 11.3 Å². The highest BCUT2D eigenvalue weighted by molar-refractivity contribution is 7.10. The van der Waals surface area contributed by atoms with Crippen molar-refractivity contribution in [1.29, 1.82) is 0 Å². The van der Waals surface area contributed by atoms with E-state index in [2.05, 4.69) is 47.2 Å². The molecule has 1 heterocycles. The molecule has 3 rings (SSSR count). The van der Waals surface area contributed by atoms with Crippen LogP contribution in [0.2, 0.25) is 0 Å². The van der Waals surface area contributed by atoms with Crippen LogP contribution in [0.1, 0.15) is 27.6 Å². The van der Waals surface area contributed by atoms with Crippen molar-refractivity contribution >= 4 is 17.2 Å². The van der Waals surface area contributed by atoms with E-state index >= 15 is 0 Å². The molecule has 4 nitrogen and oxygen atoms in total. The fourth-order valence-corrected chi connectivity index (χ4v) is 3.88. The molecule has 2 aromatic carbocycles. The molecule has 0 saturated carbocycles. The van der Waals surface area contributed by atoms with Crippen molar-refractivity contribution in [1.82, 2.24) is 10.6 Å². The van der Waals surface area contributed by atoms with Gasteiger partial charge in [-0.3, -0.25) is 10.1 Å². The van der Waals surface area contributed by atoms with Crippen molar-refractivity contribution in [2.75, 3.05) is 19.7 Å². The summed E-state index contributed by atoms with van der Waals surface area (Å²) in [6, 6.07) is 20.4. The van der Waals surface area contributed by atoms with E-state index in [9.17, 15) is 4.79 Å². The van der Waals surface area contributed by atoms with E-state index in [-0.39, 0.29) is 18.5 Å². The van der Waals surface area contributed by atoms with Gasteiger partial charge in [0.1, 0.15) is 12.4 Å². The molecule has 0 aliphatic rings. The van der Waals surface area contributed by atoms with Crippen molar-refractivity contribution in [2.45, 2.75) is 19.9 Å². The van der Waals surface area contributed by atoms with Crippen molar-refractivity contribution < 1.29 is 9.53 Å². The predicted octanol–water partition coefficient (Wildman–Crippen LogP) is 4.24. The SMILES string of the molecule is Cc1ccc(OCCNC(=O)CN[C@@H](c2ccccc2)c2cccs2)c(C)c1. The molecular weight excluding hydrogens is 368 g/mol. The molecule has 146 valence electrons. The largest absolute Gasteiger partial charge is 0.491 e. The third kappa shape index (κ3) is 5.68. The standard InChI is InChI=1S/C23H26N2O2S/c1-17-10-11-20(18(2)15-17)27-13-12-24-22(26)16-25-23(21-9-6-14-28-21)19-7-4-3-5-8-19/h3-11,14-15,23,25H,12-13,16H2,1-2H3,(H,24,26)/t23-/m0/s1. The maximum atomic E-state index is 12.2. The molecule has 1 amide bonds. The molecule has 0 unspecified atom stereocenters. The van der Waals surface area contributed by atoms with Crippen molar-refractivity contribution in [3.8, 4) is 5.75 Å². The Morgan fingerprint density at radius 2 is 1.89 bits per heavy atom. The number of hydrogen-bond acceptors (Lipinski definition) is 4. The molecule has 0 aliphatic carbocycles. The zero-order valence-corrected chi connectivity index (χ0v) is 17.1. The van der Waals surface area contributed by atoms with Crippen LogP contribution in [0.5, 0.6) is 5.75 Å². The highest BCUT2D eigenvalue weighted by Crippen LogP contribution is 2.25. The van der Waals surface area contributed by atoms with Crippen LogP contribution in [0.3, 0.4) is 0 Å². The molecule has 1 aromatic heterocycles. The van der Waals surface area contributed by atoms with Crippen LogP contribution in [0.25, 0.3) is 0 Å². The van der Waals surface area contributed by atoms with E-state index in [1.807, 2.05) is 43.3 Å². The van der Waals surface area contributed by atoms with Gasteiger partial charge in [0.05, 0.1) is 19.1 Å². The Hall–Kier alpha value is -2.63. The fourth-order valence-electron chi connectivity index (χ4n) is 3.05. The van der Waals surface area contributed by atoms with Gasteiger partial charge in [-0.2, -0.15) is 0 Å². The Labute approximate surface area is 170 Å². The number of rotatable bonds is 9. The predicted molar refractivity (Wildman–Crippen MR) is 115 cm³/mol. The summed E-state index contributed by atoms with van der Waals surface area (Å²) in [5.74, 6) is 0.821. The minimum Gasteiger partial charge on any atom is -0.491 e. The lowest BCUT2D eigenvalue weighted by molar-refractivity contribution is -0.120. The molecule has 0 saturated heterocycles. The Kier molecular flexibility index (Phi) is 7.23. The summed E-state index contributed by atoms with van der Waals surface area (Å²) in [6.07, 6.45) is 0. The second-order valence-corrected chi connectivity index (χ2v) is 7.69. The van der Waals surface area contributed by atoms with Crippen LogP contribution in [0.15, 0.2) is 66.0 Å². The lowest BCUT2D eigenvalue weighted by Crippen LogP contribution is -2.37. The highest BCUT2D eigenvalue weighted by Gasteiger charge is 2.15. The molecule has 0 aliphatic heterocycles. The van der Waals surface area contributed by atoms with E-state index in [4.69, 9.17) is 4.74 Å². The van der Waals surface area contributed by atoms with Gasteiger partial charge in [0.2, 0.25) is 5.91 Å². The average Bonchev–Trinajstić information content (AvgIpc) is 3.22. The van der Waals surface area contributed by atoms with Gasteiger partial charge >= 0.3 is 0 Å². The first-order valence-electron chi connectivity index (χ1n) is 9.42. The molecule has 0 fully saturated rings. The number of hydrogen-bond donors (Lipinski definition) is 2. The minimum atomic E-state index is -0.0401. The number of aryl methyl sites for hydroxylation is 2. The van der Waals surface area contributed by atoms with E-state index in [0.717, 1.165) is 16.9 Å². The van der Waals surface area contributed by atoms with Gasteiger partial charge in [0.25, 0.3) is 0 Å². The number of carbonyl (C=O) groups is 1. The lowest BCUT2D eigenvalue weighted by atomic mass is 10.1. The van der Waals surface area contributed by atoms with Gasteiger partial charge in [-0.25, -0.2) is 0 Å². The van der Waals surface area contributed by atoms with E-state index < -0.39 is 0 Å². The second-order valence-electron chi connectivity index (χ2n) is 6.71. The molecule has 0 radical (unpaired) electrons. The van der Waals surface area contributed by atoms with E-state index in [1.54, 1.807) is 11.3 Å². The molecule has 1 atom stereocenters. The number of benzene rings is 2. The molecule has 28 heavy (non-hydrogen) atoms. The Balaban J connectivity index is 1.46. The Morgan fingerprint density at radius 3 is 2.61 bits per heavy atom. The Bertz CT molecular complexity index is 879. The van der Waals surface area contributed by atoms with Gasteiger partial charge in [0, 0.05) is 4.88 Å². The summed E-state index contributed by atoms with van der Waals surface area (Å²) in [4.78, 5) is 13.4. The molecule has 0 spiro atoms. The van der Waals surface area contributed by atoms with E-state index in [0.29, 0.717) is 13.2 Å². The minimum absolute atomic E-state index is 0.0124. The van der Waals surface area contributed by atoms with Crippen LogP contribution in [0, 0.1) is 13.8 Å². The zero-order valence-electron chi connectivity index (χ0n) is 16.3. The number of carbonyl (C=O) groups excluding carboxylic acids is 1. The first-order valence-corrected chi connectivity index (χ1v) is 10.3. The van der Waals surface area contributed by atoms with Crippen LogP contribution < -0.4 is 15.4 Å². The number of amides is 1. The van der Waals surface area contributed by atoms with Gasteiger partial charge in [0.15, 0.2) is 0 Å². The molecular formula is C23H26N2O2S. The first-order chi connectivity index (χ1) is 13.6. The van der Waals surface area contributed by atoms with Crippen LogP contribution in [-0.2, 0) is 4.79 Å². The Morgan fingerprint density at radius 1 is 1.07 bits per heavy atom. The molecule has 3 aromatic rings. The summed E-state index contributed by atoms with van der Waals surface area (Å²) in [5.41, 5.74) is 3.47. The van der Waals surface area contributed by atoms with Gasteiger partial charge < -0.3 is 10.1 Å². The van der Waals surface area contributed by atoms with Crippen LogP contribution in [0.4, 0.5) is 0 Å². The maximum absolute atomic E-state index is 12.2. The summed E-state index contributed by atoms with van der Waals surface area (Å²) >= 11 is 1.68. The monoisotopic (exact) mass is 394 g/mol. The van der Waals surface area contributed by atoms with Crippen molar-refractivity contribution in [2.24, 2.45) is 0 Å². The maximum Gasteiger partial charge on any atom is 0.234 e. The van der Waals surface area contributed by atoms with Gasteiger partial charge in [-0.05, 0) is 42.5 Å². The third-order valence-electron chi connectivity index (χ3n) is 4.44. The zero-order chi connectivity index (χ0) is 19.8. The first kappa shape index (κ1) is 20.1. The molecule has 2 N–H and O–H groups in total. The molecule has 0 bridgehead atoms. The number of ether oxygens (including phenoxy) is 1. The van der Waals surface area contributed by atoms with Crippen molar-refractivity contribution in [3.63, 3.8) is 0 Å². The second kappa shape index (κ2) is 10.1. The summed E-state index contributed by atoms with van der Waals surface area (Å²) < 4.78 is 5.76. The molecule has 5 heteroatoms. The summed E-state index contributed by atoms with van der Waals surface area (Å²) in [6.45, 7) is 5.26. The summed E-state index contributed by atoms with van der Waals surface area (Å²) in [7, 11) is 0. The highest BCUT2D eigenvalue weighted by atomic mass is 32.1. The van der Waals surface area contributed by atoms with Crippen LogP contribution >= 0.6 is 11.3 Å². The number of thiophene rings is 1. The number of nitrogens with one attached hydrogen (secondary N) is 2.